The van der Waals surface area contributed by atoms with Gasteiger partial charge in [-0.1, -0.05) is 0 Å². The van der Waals surface area contributed by atoms with Gasteiger partial charge in [0.05, 0.1) is 0 Å². The molecule has 0 atom stereocenters. The van der Waals surface area contributed by atoms with E-state index in [1.54, 1.807) is 0 Å². The third-order valence-electron chi connectivity index (χ3n) is 0.222. The Labute approximate surface area is 85.9 Å². The van der Waals surface area contributed by atoms with Gasteiger partial charge in [-0.25, -0.2) is 16.8 Å². The number of hydrogen-bond acceptors (Lipinski definition) is 9. The van der Waals surface area contributed by atoms with Gasteiger partial charge in [0.15, 0.2) is 18.3 Å². The maximum Gasteiger partial charge on any atom is 0.160 e. The molecule has 0 saturated carbocycles. The van der Waals surface area contributed by atoms with Gasteiger partial charge in [-0.05, 0) is 0 Å². The summed E-state index contributed by atoms with van der Waals surface area (Å²) in [6.45, 7) is 0. The van der Waals surface area contributed by atoms with Crippen molar-refractivity contribution in [1.29, 1.82) is 0 Å². The van der Waals surface area contributed by atoms with Crippen molar-refractivity contribution in [2.75, 3.05) is 0 Å². The van der Waals surface area contributed by atoms with Crippen molar-refractivity contribution in [1.82, 2.24) is 12.3 Å². The summed E-state index contributed by atoms with van der Waals surface area (Å²) in [7, 11) is -9.43. The number of hydrogen-bond donors (Lipinski definition) is 2. The van der Waals surface area contributed by atoms with E-state index in [4.69, 9.17) is 0 Å². The molecule has 0 bridgehead atoms. The van der Waals surface area contributed by atoms with E-state index in [-0.39, 0.29) is 41.8 Å². The molecule has 0 aliphatic carbocycles. The van der Waals surface area contributed by atoms with Crippen LogP contribution in [-0.4, -0.2) is 25.9 Å². The molecule has 0 fully saturated rings. The average molecular weight is 292 g/mol. The maximum atomic E-state index is 9.79. The first-order valence-corrected chi connectivity index (χ1v) is 9.00. The van der Waals surface area contributed by atoms with E-state index in [1.165, 1.54) is 0 Å². The summed E-state index contributed by atoms with van der Waals surface area (Å²) in [5.41, 5.74) is 0. The Bertz CT molecular complexity index is 268. The molecule has 0 saturated heterocycles. The van der Waals surface area contributed by atoms with Crippen LogP contribution in [0.1, 0.15) is 0 Å². The Morgan fingerprint density at radius 1 is 0.769 bits per heavy atom. The molecule has 0 radical (unpaired) electrons. The molecular weight excluding hydrogens is 284 g/mol. The topological polar surface area (TPSA) is 187 Å². The number of rotatable bonds is 4. The van der Waals surface area contributed by atoms with Crippen molar-refractivity contribution in [2.24, 2.45) is 0 Å². The van der Waals surface area contributed by atoms with E-state index in [1.807, 2.05) is 0 Å². The molecular formula is H8N2O6S5. The normalized spacial score (nSPS) is 11.2. The molecule has 0 rings (SSSR count). The summed E-state index contributed by atoms with van der Waals surface area (Å²) in [6, 6.07) is 0. The van der Waals surface area contributed by atoms with Gasteiger partial charge in [0.1, 0.15) is 0 Å². The fourth-order valence-corrected chi connectivity index (χ4v) is 8.27. The molecule has 8 nitrogen and oxygen atoms in total. The molecule has 0 aromatic carbocycles. The molecule has 0 aromatic rings. The Hall–Kier alpha value is 0.790. The first kappa shape index (κ1) is 19.4. The van der Waals surface area contributed by atoms with Gasteiger partial charge >= 0.3 is 0 Å². The molecule has 84 valence electrons. The largest absolute Gasteiger partial charge is 0.739 e. The average Bonchev–Trinajstić information content (AvgIpc) is 1.55. The minimum absolute atomic E-state index is 0. The number of quaternary nitrogens is 2. The molecule has 0 aromatic heterocycles. The summed E-state index contributed by atoms with van der Waals surface area (Å²) in [5, 5.41) is 0. The van der Waals surface area contributed by atoms with Gasteiger partial charge in [0, 0.05) is 29.5 Å². The summed E-state index contributed by atoms with van der Waals surface area (Å²) < 4.78 is 58.8. The quantitative estimate of drug-likeness (QED) is 0.554. The predicted molar refractivity (Wildman–Crippen MR) is 54.1 cm³/mol. The third kappa shape index (κ3) is 19.3. The van der Waals surface area contributed by atoms with Crippen LogP contribution in [0.15, 0.2) is 0 Å². The van der Waals surface area contributed by atoms with Gasteiger partial charge in [-0.15, -0.1) is 0 Å². The van der Waals surface area contributed by atoms with Crippen molar-refractivity contribution in [3.8, 4) is 0 Å². The Morgan fingerprint density at radius 3 is 1.15 bits per heavy atom. The van der Waals surface area contributed by atoms with Crippen molar-refractivity contribution in [3.63, 3.8) is 0 Å². The second kappa shape index (κ2) is 7.13. The highest BCUT2D eigenvalue weighted by Crippen LogP contribution is 2.40. The summed E-state index contributed by atoms with van der Waals surface area (Å²) >= 11 is 0. The Kier molecular flexibility index (Phi) is 10.6. The molecule has 0 heterocycles. The van der Waals surface area contributed by atoms with Crippen molar-refractivity contribution in [2.45, 2.75) is 0 Å². The lowest BCUT2D eigenvalue weighted by molar-refractivity contribution is 0.481. The Balaban J connectivity index is -0.000000500. The van der Waals surface area contributed by atoms with E-state index in [2.05, 4.69) is 0 Å². The van der Waals surface area contributed by atoms with Crippen LogP contribution in [0.2, 0.25) is 0 Å². The van der Waals surface area contributed by atoms with Gasteiger partial charge < -0.3 is 21.4 Å². The van der Waals surface area contributed by atoms with Gasteiger partial charge in [-0.2, -0.15) is 0 Å². The van der Waals surface area contributed by atoms with Crippen molar-refractivity contribution < 1.29 is 25.9 Å². The summed E-state index contributed by atoms with van der Waals surface area (Å²) in [4.78, 5) is 0. The molecule has 0 unspecified atom stereocenters. The molecule has 0 spiro atoms. The zero-order valence-electron chi connectivity index (χ0n) is 6.49. The lowest BCUT2D eigenvalue weighted by Crippen LogP contribution is -1.87. The monoisotopic (exact) mass is 292 g/mol. The standard InChI is InChI=1S/2H3N.H2O6S5/c;;1-10(2,3)8-7-9-11(4,5)6/h2*1H3;(H,1,2,3)(H,4,5,6). The fourth-order valence-electron chi connectivity index (χ4n) is 0.0794. The Morgan fingerprint density at radius 2 is 1.00 bits per heavy atom. The molecule has 0 amide bonds. The van der Waals surface area contributed by atoms with Crippen LogP contribution in [-0.2, 0) is 18.3 Å². The van der Waals surface area contributed by atoms with Gasteiger partial charge in [-0.3, -0.25) is 0 Å². The second-order valence-electron chi connectivity index (χ2n) is 1.02. The highest BCUT2D eigenvalue weighted by atomic mass is 33.8. The van der Waals surface area contributed by atoms with Crippen LogP contribution in [0.5, 0.6) is 0 Å². The zero-order valence-corrected chi connectivity index (χ0v) is 10.6. The lowest BCUT2D eigenvalue weighted by atomic mass is 14.0. The van der Waals surface area contributed by atoms with Crippen molar-refractivity contribution >= 4 is 47.8 Å². The van der Waals surface area contributed by atoms with E-state index in [9.17, 15) is 25.9 Å². The molecule has 0 aliphatic rings. The minimum atomic E-state index is -4.54. The third-order valence-corrected chi connectivity index (χ3v) is 9.00. The lowest BCUT2D eigenvalue weighted by Gasteiger charge is -2.05. The first-order chi connectivity index (χ1) is 4.71. The van der Waals surface area contributed by atoms with Gasteiger partial charge in [0.2, 0.25) is 0 Å². The SMILES string of the molecule is O=S(=O)([O-])SSSS(=O)(=O)[O-].[NH4+].[NH4+]. The summed E-state index contributed by atoms with van der Waals surface area (Å²) in [5.74, 6) is 0. The van der Waals surface area contributed by atoms with Crippen LogP contribution in [0.4, 0.5) is 0 Å². The zero-order chi connectivity index (χ0) is 9.12. The second-order valence-corrected chi connectivity index (χ2v) is 10.4. The smallest absolute Gasteiger partial charge is 0.160 e. The highest BCUT2D eigenvalue weighted by molar-refractivity contribution is 9.33. The molecule has 13 heteroatoms. The van der Waals surface area contributed by atoms with Crippen LogP contribution < -0.4 is 12.3 Å². The summed E-state index contributed by atoms with van der Waals surface area (Å²) in [6.07, 6.45) is 0. The van der Waals surface area contributed by atoms with E-state index in [0.29, 0.717) is 0 Å². The van der Waals surface area contributed by atoms with Crippen LogP contribution in [0.25, 0.3) is 0 Å². The molecule has 13 heavy (non-hydrogen) atoms. The molecule has 8 N–H and O–H groups in total. The minimum Gasteiger partial charge on any atom is -0.739 e. The first-order valence-electron chi connectivity index (χ1n) is 1.67. The maximum absolute atomic E-state index is 9.79. The fraction of sp³-hybridized carbons (Fsp3) is 0. The van der Waals surface area contributed by atoms with E-state index in [0.717, 1.165) is 0 Å². The van der Waals surface area contributed by atoms with Crippen molar-refractivity contribution in [3.05, 3.63) is 0 Å². The van der Waals surface area contributed by atoms with Gasteiger partial charge in [0.25, 0.3) is 0 Å². The van der Waals surface area contributed by atoms with Crippen LogP contribution >= 0.6 is 29.5 Å². The highest BCUT2D eigenvalue weighted by Gasteiger charge is 2.01. The molecule has 0 aliphatic heterocycles. The predicted octanol–water partition coefficient (Wildman–Crippen LogP) is 0.689. The van der Waals surface area contributed by atoms with Crippen LogP contribution in [0.3, 0.4) is 0 Å². The van der Waals surface area contributed by atoms with Crippen LogP contribution in [0, 0.1) is 0 Å². The van der Waals surface area contributed by atoms with E-state index < -0.39 is 18.3 Å². The van der Waals surface area contributed by atoms with E-state index >= 15 is 0 Å².